The molecular weight excluding hydrogens is 361 g/mol. The number of urea groups is 1. The van der Waals surface area contributed by atoms with Crippen LogP contribution in [-0.4, -0.2) is 38.6 Å². The maximum atomic E-state index is 13.8. The second-order valence-electron chi connectivity index (χ2n) is 5.82. The highest BCUT2D eigenvalue weighted by molar-refractivity contribution is 5.74. The largest absolute Gasteiger partial charge is 0.496 e. The number of para-hydroxylation sites is 1. The van der Waals surface area contributed by atoms with Crippen molar-refractivity contribution in [2.75, 3.05) is 21.3 Å². The molecule has 0 aliphatic carbocycles. The van der Waals surface area contributed by atoms with Crippen LogP contribution in [0.15, 0.2) is 42.5 Å². The molecule has 0 aliphatic rings. The normalized spacial score (nSPS) is 11.8. The Balaban J connectivity index is 2.13. The van der Waals surface area contributed by atoms with E-state index in [1.807, 2.05) is 0 Å². The number of rotatable bonds is 7. The molecule has 0 unspecified atom stereocenters. The topological polar surface area (TPSA) is 50.8 Å². The van der Waals surface area contributed by atoms with E-state index < -0.39 is 24.3 Å². The van der Waals surface area contributed by atoms with Crippen molar-refractivity contribution in [1.82, 2.24) is 10.2 Å². The van der Waals surface area contributed by atoms with Crippen LogP contribution >= 0.6 is 0 Å². The molecule has 8 heteroatoms. The van der Waals surface area contributed by atoms with Gasteiger partial charge in [0.25, 0.3) is 6.43 Å². The predicted molar refractivity (Wildman–Crippen MR) is 94.7 cm³/mol. The number of halogens is 3. The second kappa shape index (κ2) is 9.16. The minimum absolute atomic E-state index is 0.0534. The molecule has 1 atom stereocenters. The number of hydrogen-bond donors (Lipinski definition) is 1. The van der Waals surface area contributed by atoms with Gasteiger partial charge in [0, 0.05) is 12.6 Å². The third-order valence-electron chi connectivity index (χ3n) is 4.01. The summed E-state index contributed by atoms with van der Waals surface area (Å²) in [4.78, 5) is 13.6. The Morgan fingerprint density at radius 3 is 2.37 bits per heavy atom. The molecule has 0 radical (unpaired) electrons. The summed E-state index contributed by atoms with van der Waals surface area (Å²) in [5.41, 5.74) is 0.670. The first kappa shape index (κ1) is 20.4. The van der Waals surface area contributed by atoms with Crippen LogP contribution in [0.5, 0.6) is 11.5 Å². The lowest BCUT2D eigenvalue weighted by molar-refractivity contribution is 0.0970. The standard InChI is InChI=1S/C19H21F3N2O3/c1-24(11-13-6-4-5-7-15(13)26-2)19(25)23-17(18(21)22)12-8-9-16(27-3)14(20)10-12/h4-10,17-18H,11H2,1-3H3,(H,23,25)/t17-/m1/s1. The van der Waals surface area contributed by atoms with Gasteiger partial charge >= 0.3 is 6.03 Å². The number of alkyl halides is 2. The summed E-state index contributed by atoms with van der Waals surface area (Å²) < 4.78 is 50.8. The van der Waals surface area contributed by atoms with E-state index in [1.54, 1.807) is 24.3 Å². The number of hydrogen-bond acceptors (Lipinski definition) is 3. The van der Waals surface area contributed by atoms with E-state index in [-0.39, 0.29) is 17.9 Å². The summed E-state index contributed by atoms with van der Waals surface area (Å²) in [6.45, 7) is 0.156. The van der Waals surface area contributed by atoms with Gasteiger partial charge in [0.1, 0.15) is 11.8 Å². The summed E-state index contributed by atoms with van der Waals surface area (Å²) >= 11 is 0. The first-order valence-corrected chi connectivity index (χ1v) is 8.12. The van der Waals surface area contributed by atoms with Crippen molar-refractivity contribution >= 4 is 6.03 Å². The van der Waals surface area contributed by atoms with Crippen LogP contribution in [0.3, 0.4) is 0 Å². The van der Waals surface area contributed by atoms with E-state index in [0.29, 0.717) is 5.75 Å². The van der Waals surface area contributed by atoms with Crippen molar-refractivity contribution in [2.45, 2.75) is 19.0 Å². The molecule has 0 fully saturated rings. The fourth-order valence-corrected chi connectivity index (χ4v) is 2.57. The molecule has 0 spiro atoms. The van der Waals surface area contributed by atoms with Crippen LogP contribution in [-0.2, 0) is 6.54 Å². The predicted octanol–water partition coefficient (Wildman–Crippen LogP) is 3.99. The van der Waals surface area contributed by atoms with Crippen LogP contribution in [0.4, 0.5) is 18.0 Å². The van der Waals surface area contributed by atoms with Crippen LogP contribution < -0.4 is 14.8 Å². The van der Waals surface area contributed by atoms with E-state index in [1.165, 1.54) is 38.3 Å². The van der Waals surface area contributed by atoms with Gasteiger partial charge in [-0.15, -0.1) is 0 Å². The summed E-state index contributed by atoms with van der Waals surface area (Å²) in [5.74, 6) is -0.261. The van der Waals surface area contributed by atoms with Gasteiger partial charge in [0.2, 0.25) is 0 Å². The quantitative estimate of drug-likeness (QED) is 0.788. The lowest BCUT2D eigenvalue weighted by Crippen LogP contribution is -2.41. The molecule has 0 saturated heterocycles. The summed E-state index contributed by atoms with van der Waals surface area (Å²) in [7, 11) is 4.25. The fraction of sp³-hybridized carbons (Fsp3) is 0.316. The van der Waals surface area contributed by atoms with Crippen LogP contribution in [0.1, 0.15) is 17.2 Å². The first-order chi connectivity index (χ1) is 12.9. The van der Waals surface area contributed by atoms with Crippen LogP contribution in [0.25, 0.3) is 0 Å². The third kappa shape index (κ3) is 5.06. The zero-order chi connectivity index (χ0) is 20.0. The fourth-order valence-electron chi connectivity index (χ4n) is 2.57. The Morgan fingerprint density at radius 1 is 1.11 bits per heavy atom. The molecule has 0 aliphatic heterocycles. The van der Waals surface area contributed by atoms with E-state index in [9.17, 15) is 18.0 Å². The van der Waals surface area contributed by atoms with E-state index in [0.717, 1.165) is 11.6 Å². The summed E-state index contributed by atoms with van der Waals surface area (Å²) in [5, 5.41) is 2.24. The lowest BCUT2D eigenvalue weighted by Gasteiger charge is -2.24. The Kier molecular flexibility index (Phi) is 6.92. The minimum Gasteiger partial charge on any atom is -0.496 e. The number of benzene rings is 2. The Labute approximate surface area is 155 Å². The van der Waals surface area contributed by atoms with Gasteiger partial charge in [-0.3, -0.25) is 0 Å². The third-order valence-corrected chi connectivity index (χ3v) is 4.01. The highest BCUT2D eigenvalue weighted by Crippen LogP contribution is 2.26. The molecule has 2 aromatic carbocycles. The number of amides is 2. The van der Waals surface area contributed by atoms with E-state index in [4.69, 9.17) is 9.47 Å². The minimum atomic E-state index is -2.92. The molecule has 2 aromatic rings. The highest BCUT2D eigenvalue weighted by atomic mass is 19.3. The lowest BCUT2D eigenvalue weighted by atomic mass is 10.1. The Bertz CT molecular complexity index is 787. The molecule has 0 aromatic heterocycles. The number of nitrogens with one attached hydrogen (secondary N) is 1. The summed E-state index contributed by atoms with van der Waals surface area (Å²) in [6, 6.07) is 8.16. The molecule has 0 saturated carbocycles. The Morgan fingerprint density at radius 2 is 1.78 bits per heavy atom. The maximum absolute atomic E-state index is 13.8. The molecule has 0 heterocycles. The van der Waals surface area contributed by atoms with Gasteiger partial charge in [0.15, 0.2) is 11.6 Å². The molecule has 5 nitrogen and oxygen atoms in total. The van der Waals surface area contributed by atoms with Gasteiger partial charge in [-0.1, -0.05) is 24.3 Å². The average Bonchev–Trinajstić information content (AvgIpc) is 2.65. The van der Waals surface area contributed by atoms with Gasteiger partial charge in [-0.2, -0.15) is 0 Å². The monoisotopic (exact) mass is 382 g/mol. The van der Waals surface area contributed by atoms with E-state index >= 15 is 0 Å². The van der Waals surface area contributed by atoms with Gasteiger partial charge in [0.05, 0.1) is 20.8 Å². The average molecular weight is 382 g/mol. The number of carbonyl (C=O) groups is 1. The second-order valence-corrected chi connectivity index (χ2v) is 5.82. The van der Waals surface area contributed by atoms with Gasteiger partial charge in [-0.05, 0) is 23.8 Å². The molecule has 2 rings (SSSR count). The molecule has 1 N–H and O–H groups in total. The van der Waals surface area contributed by atoms with Crippen molar-refractivity contribution in [3.63, 3.8) is 0 Å². The number of methoxy groups -OCH3 is 2. The van der Waals surface area contributed by atoms with Gasteiger partial charge in [-0.25, -0.2) is 18.0 Å². The summed E-state index contributed by atoms with van der Waals surface area (Å²) in [6.07, 6.45) is -2.92. The molecular formula is C19H21F3N2O3. The SMILES string of the molecule is COc1ccc([C@@H](NC(=O)N(C)Cc2ccccc2OC)C(F)F)cc1F. The zero-order valence-corrected chi connectivity index (χ0v) is 15.2. The molecule has 27 heavy (non-hydrogen) atoms. The molecule has 146 valence electrons. The van der Waals surface area contributed by atoms with Gasteiger partial charge < -0.3 is 19.7 Å². The van der Waals surface area contributed by atoms with E-state index in [2.05, 4.69) is 5.32 Å². The molecule has 2 amide bonds. The first-order valence-electron chi connectivity index (χ1n) is 8.12. The van der Waals surface area contributed by atoms with Crippen molar-refractivity contribution in [3.05, 3.63) is 59.4 Å². The Hall–Kier alpha value is -2.90. The maximum Gasteiger partial charge on any atom is 0.318 e. The number of nitrogens with zero attached hydrogens (tertiary/aromatic N) is 1. The van der Waals surface area contributed by atoms with Crippen LogP contribution in [0, 0.1) is 5.82 Å². The highest BCUT2D eigenvalue weighted by Gasteiger charge is 2.27. The van der Waals surface area contributed by atoms with Crippen molar-refractivity contribution in [3.8, 4) is 11.5 Å². The number of carbonyl (C=O) groups excluding carboxylic acids is 1. The number of ether oxygens (including phenoxy) is 2. The van der Waals surface area contributed by atoms with Crippen molar-refractivity contribution < 1.29 is 27.4 Å². The molecule has 0 bridgehead atoms. The van der Waals surface area contributed by atoms with Crippen LogP contribution in [0.2, 0.25) is 0 Å². The smallest absolute Gasteiger partial charge is 0.318 e. The zero-order valence-electron chi connectivity index (χ0n) is 15.2. The van der Waals surface area contributed by atoms with Crippen molar-refractivity contribution in [2.24, 2.45) is 0 Å². The van der Waals surface area contributed by atoms with Crippen molar-refractivity contribution in [1.29, 1.82) is 0 Å².